The quantitative estimate of drug-likeness (QED) is 0.452. The Kier molecular flexibility index (Phi) is 6.27. The number of aromatic nitrogens is 3. The van der Waals surface area contributed by atoms with E-state index < -0.39 is 0 Å². The second-order valence-corrected chi connectivity index (χ2v) is 8.29. The summed E-state index contributed by atoms with van der Waals surface area (Å²) in [6, 6.07) is 12.2. The minimum atomic E-state index is -0.370. The van der Waals surface area contributed by atoms with Gasteiger partial charge in [0, 0.05) is 37.8 Å². The van der Waals surface area contributed by atoms with E-state index in [9.17, 15) is 9.18 Å². The van der Waals surface area contributed by atoms with E-state index in [-0.39, 0.29) is 24.9 Å². The number of amides is 1. The first-order chi connectivity index (χ1) is 15.4. The zero-order valence-electron chi connectivity index (χ0n) is 17.9. The van der Waals surface area contributed by atoms with Crippen molar-refractivity contribution < 1.29 is 13.9 Å². The van der Waals surface area contributed by atoms with E-state index in [2.05, 4.69) is 20.3 Å². The number of rotatable bonds is 7. The van der Waals surface area contributed by atoms with Gasteiger partial charge in [0.1, 0.15) is 23.2 Å². The van der Waals surface area contributed by atoms with Gasteiger partial charge in [0.05, 0.1) is 21.4 Å². The number of likely N-dealkylation sites (N-methyl/N-ethyl adjacent to an activating group) is 1. The molecule has 0 unspecified atom stereocenters. The minimum Gasteiger partial charge on any atom is -0.484 e. The number of halogens is 1. The van der Waals surface area contributed by atoms with Crippen LogP contribution in [0.5, 0.6) is 5.75 Å². The summed E-state index contributed by atoms with van der Waals surface area (Å²) in [5, 5.41) is 3.16. The number of benzene rings is 2. The number of nitrogens with zero attached hydrogens (tertiary/aromatic N) is 4. The number of carbonyl (C=O) groups excluding carboxylic acids is 1. The molecular formula is C23H22FN5O2S. The van der Waals surface area contributed by atoms with Crippen LogP contribution in [-0.4, -0.2) is 46.5 Å². The molecule has 2 aromatic carbocycles. The predicted octanol–water partition coefficient (Wildman–Crippen LogP) is 4.28. The number of ether oxygens (including phenoxy) is 1. The van der Waals surface area contributed by atoms with Gasteiger partial charge in [0.15, 0.2) is 6.61 Å². The first kappa shape index (κ1) is 21.6. The average molecular weight is 452 g/mol. The van der Waals surface area contributed by atoms with E-state index in [1.807, 2.05) is 36.7 Å². The van der Waals surface area contributed by atoms with E-state index in [4.69, 9.17) is 4.74 Å². The smallest absolute Gasteiger partial charge is 0.259 e. The van der Waals surface area contributed by atoms with Gasteiger partial charge in [-0.25, -0.2) is 19.3 Å². The molecule has 0 aliphatic carbocycles. The Morgan fingerprint density at radius 1 is 1.16 bits per heavy atom. The highest BCUT2D eigenvalue weighted by molar-refractivity contribution is 7.16. The molecule has 2 aromatic heterocycles. The summed E-state index contributed by atoms with van der Waals surface area (Å²) in [7, 11) is 3.30. The van der Waals surface area contributed by atoms with Crippen molar-refractivity contribution in [2.75, 3.05) is 26.0 Å². The summed E-state index contributed by atoms with van der Waals surface area (Å²) in [6.07, 6.45) is 0. The molecule has 164 valence electrons. The van der Waals surface area contributed by atoms with Gasteiger partial charge in [-0.3, -0.25) is 4.79 Å². The molecule has 0 radical (unpaired) electrons. The number of thiazole rings is 1. The SMILES string of the molecule is Cc1nc(NCc2cc(OCC(=O)N(C)C)ccc2F)cc(-c2ccc3ncsc3c2)n1. The van der Waals surface area contributed by atoms with Crippen molar-refractivity contribution in [3.8, 4) is 17.0 Å². The Bertz CT molecular complexity index is 1270. The molecule has 0 atom stereocenters. The van der Waals surface area contributed by atoms with Crippen molar-refractivity contribution in [2.24, 2.45) is 0 Å². The first-order valence-corrected chi connectivity index (χ1v) is 10.8. The van der Waals surface area contributed by atoms with Crippen LogP contribution < -0.4 is 10.1 Å². The van der Waals surface area contributed by atoms with Crippen molar-refractivity contribution in [3.63, 3.8) is 0 Å². The fourth-order valence-electron chi connectivity index (χ4n) is 3.06. The van der Waals surface area contributed by atoms with Gasteiger partial charge in [-0.15, -0.1) is 11.3 Å². The van der Waals surface area contributed by atoms with Crippen LogP contribution in [0, 0.1) is 12.7 Å². The molecule has 4 aromatic rings. The van der Waals surface area contributed by atoms with E-state index in [0.717, 1.165) is 21.5 Å². The van der Waals surface area contributed by atoms with Gasteiger partial charge >= 0.3 is 0 Å². The van der Waals surface area contributed by atoms with Crippen LogP contribution in [0.4, 0.5) is 10.2 Å². The molecule has 32 heavy (non-hydrogen) atoms. The van der Waals surface area contributed by atoms with Crippen molar-refractivity contribution in [3.05, 3.63) is 65.2 Å². The van der Waals surface area contributed by atoms with E-state index in [0.29, 0.717) is 23.0 Å². The Morgan fingerprint density at radius 2 is 2.00 bits per heavy atom. The van der Waals surface area contributed by atoms with Gasteiger partial charge in [-0.1, -0.05) is 6.07 Å². The lowest BCUT2D eigenvalue weighted by Gasteiger charge is -2.13. The lowest BCUT2D eigenvalue weighted by Crippen LogP contribution is -2.27. The highest BCUT2D eigenvalue weighted by atomic mass is 32.1. The second kappa shape index (κ2) is 9.27. The molecule has 0 spiro atoms. The number of fused-ring (bicyclic) bond motifs is 1. The molecule has 0 saturated heterocycles. The maximum Gasteiger partial charge on any atom is 0.259 e. The van der Waals surface area contributed by atoms with Gasteiger partial charge in [-0.05, 0) is 37.3 Å². The average Bonchev–Trinajstić information content (AvgIpc) is 3.25. The number of carbonyl (C=O) groups is 1. The predicted molar refractivity (Wildman–Crippen MR) is 123 cm³/mol. The molecule has 0 aliphatic rings. The van der Waals surface area contributed by atoms with Crippen molar-refractivity contribution in [1.29, 1.82) is 0 Å². The molecule has 4 rings (SSSR count). The fourth-order valence-corrected chi connectivity index (χ4v) is 3.77. The van der Waals surface area contributed by atoms with E-state index in [1.54, 1.807) is 31.5 Å². The summed E-state index contributed by atoms with van der Waals surface area (Å²) in [6.45, 7) is 1.91. The van der Waals surface area contributed by atoms with E-state index in [1.165, 1.54) is 17.0 Å². The van der Waals surface area contributed by atoms with Gasteiger partial charge in [0.2, 0.25) is 0 Å². The lowest BCUT2D eigenvalue weighted by atomic mass is 10.1. The molecule has 7 nitrogen and oxygen atoms in total. The van der Waals surface area contributed by atoms with Crippen LogP contribution in [0.15, 0.2) is 48.0 Å². The van der Waals surface area contributed by atoms with Crippen molar-refractivity contribution in [1.82, 2.24) is 19.9 Å². The van der Waals surface area contributed by atoms with Gasteiger partial charge < -0.3 is 15.0 Å². The molecule has 1 N–H and O–H groups in total. The van der Waals surface area contributed by atoms with Crippen molar-refractivity contribution in [2.45, 2.75) is 13.5 Å². The summed E-state index contributed by atoms with van der Waals surface area (Å²) in [5.74, 6) is 1.08. The third-order valence-electron chi connectivity index (χ3n) is 4.80. The van der Waals surface area contributed by atoms with Crippen LogP contribution in [0.25, 0.3) is 21.5 Å². The molecule has 1 amide bonds. The third kappa shape index (κ3) is 5.00. The second-order valence-electron chi connectivity index (χ2n) is 7.40. The normalized spacial score (nSPS) is 10.9. The summed E-state index contributed by atoms with van der Waals surface area (Å²) in [4.78, 5) is 26.4. The van der Waals surface area contributed by atoms with Crippen LogP contribution in [0.3, 0.4) is 0 Å². The number of hydrogen-bond donors (Lipinski definition) is 1. The Hall–Kier alpha value is -3.59. The maximum atomic E-state index is 14.3. The van der Waals surface area contributed by atoms with Gasteiger partial charge in [0.25, 0.3) is 5.91 Å². The highest BCUT2D eigenvalue weighted by Crippen LogP contribution is 2.26. The van der Waals surface area contributed by atoms with Crippen molar-refractivity contribution >= 4 is 33.3 Å². The van der Waals surface area contributed by atoms with Crippen LogP contribution >= 0.6 is 11.3 Å². The summed E-state index contributed by atoms with van der Waals surface area (Å²) >= 11 is 1.57. The molecule has 0 saturated carbocycles. The third-order valence-corrected chi connectivity index (χ3v) is 5.59. The zero-order chi connectivity index (χ0) is 22.7. The standard InChI is InChI=1S/C23H22FN5O2S/c1-14-27-20(15-4-7-19-21(9-15)32-13-26-19)10-22(28-14)25-11-16-8-17(5-6-18(16)24)31-12-23(30)29(2)3/h4-10,13H,11-12H2,1-3H3,(H,25,27,28). The molecule has 0 aliphatic heterocycles. The number of anilines is 1. The largest absolute Gasteiger partial charge is 0.484 e. The number of aryl methyl sites for hydroxylation is 1. The summed E-state index contributed by atoms with van der Waals surface area (Å²) in [5.41, 5.74) is 4.91. The number of nitrogens with one attached hydrogen (secondary N) is 1. The van der Waals surface area contributed by atoms with Crippen LogP contribution in [0.1, 0.15) is 11.4 Å². The fraction of sp³-hybridized carbons (Fsp3) is 0.217. The molecular weight excluding hydrogens is 429 g/mol. The Balaban J connectivity index is 1.50. The zero-order valence-corrected chi connectivity index (χ0v) is 18.7. The topological polar surface area (TPSA) is 80.2 Å². The molecule has 2 heterocycles. The van der Waals surface area contributed by atoms with E-state index >= 15 is 0 Å². The maximum absolute atomic E-state index is 14.3. The Morgan fingerprint density at radius 3 is 2.81 bits per heavy atom. The first-order valence-electron chi connectivity index (χ1n) is 9.93. The van der Waals surface area contributed by atoms with Crippen LogP contribution in [-0.2, 0) is 11.3 Å². The minimum absolute atomic E-state index is 0.107. The Labute approximate surface area is 188 Å². The highest BCUT2D eigenvalue weighted by Gasteiger charge is 2.10. The van der Waals surface area contributed by atoms with Crippen LogP contribution in [0.2, 0.25) is 0 Å². The molecule has 9 heteroatoms. The molecule has 0 fully saturated rings. The van der Waals surface area contributed by atoms with Gasteiger partial charge in [-0.2, -0.15) is 0 Å². The monoisotopic (exact) mass is 451 g/mol. The lowest BCUT2D eigenvalue weighted by molar-refractivity contribution is -0.130. The molecule has 0 bridgehead atoms. The number of hydrogen-bond acceptors (Lipinski definition) is 7. The summed E-state index contributed by atoms with van der Waals surface area (Å²) < 4.78 is 20.9.